The van der Waals surface area contributed by atoms with Gasteiger partial charge >= 0.3 is 0 Å². The fourth-order valence-electron chi connectivity index (χ4n) is 2.79. The summed E-state index contributed by atoms with van der Waals surface area (Å²) in [4.78, 5) is 18.1. The molecule has 2 heterocycles. The standard InChI is InChI=1S/C17H17FN2O/c1-12-9-19-6-5-14(12)10-20-11-15(8-17(20)21)13-3-2-4-16(18)7-13/h2-7,9,15H,8,10-11H2,1H3/t15-/m1/s1. The van der Waals surface area contributed by atoms with E-state index >= 15 is 0 Å². The molecule has 2 aromatic rings. The first-order valence-electron chi connectivity index (χ1n) is 7.06. The molecule has 1 atom stereocenters. The Morgan fingerprint density at radius 1 is 1.38 bits per heavy atom. The van der Waals surface area contributed by atoms with Crippen LogP contribution >= 0.6 is 0 Å². The molecule has 0 unspecified atom stereocenters. The van der Waals surface area contributed by atoms with Gasteiger partial charge in [0.2, 0.25) is 5.91 Å². The fraction of sp³-hybridized carbons (Fsp3) is 0.294. The Morgan fingerprint density at radius 2 is 2.24 bits per heavy atom. The molecule has 1 aromatic carbocycles. The summed E-state index contributed by atoms with van der Waals surface area (Å²) in [5.41, 5.74) is 3.09. The summed E-state index contributed by atoms with van der Waals surface area (Å²) in [6.45, 7) is 3.23. The Labute approximate surface area is 123 Å². The van der Waals surface area contributed by atoms with E-state index in [2.05, 4.69) is 4.98 Å². The van der Waals surface area contributed by atoms with Gasteiger partial charge in [-0.3, -0.25) is 9.78 Å². The van der Waals surface area contributed by atoms with Crippen LogP contribution in [0.4, 0.5) is 4.39 Å². The molecule has 1 aromatic heterocycles. The lowest BCUT2D eigenvalue weighted by Gasteiger charge is -2.18. The number of carbonyl (C=O) groups excluding carboxylic acids is 1. The monoisotopic (exact) mass is 284 g/mol. The first-order valence-corrected chi connectivity index (χ1v) is 7.06. The van der Waals surface area contributed by atoms with Crippen molar-refractivity contribution < 1.29 is 9.18 Å². The van der Waals surface area contributed by atoms with Gasteiger partial charge in [-0.2, -0.15) is 0 Å². The van der Waals surface area contributed by atoms with Crippen molar-refractivity contribution in [1.29, 1.82) is 0 Å². The number of aromatic nitrogens is 1. The van der Waals surface area contributed by atoms with Gasteiger partial charge < -0.3 is 4.90 Å². The molecule has 3 rings (SSSR count). The van der Waals surface area contributed by atoms with E-state index in [1.165, 1.54) is 12.1 Å². The molecule has 0 radical (unpaired) electrons. The van der Waals surface area contributed by atoms with Crippen LogP contribution < -0.4 is 0 Å². The summed E-state index contributed by atoms with van der Waals surface area (Å²) in [7, 11) is 0. The average Bonchev–Trinajstić information content (AvgIpc) is 2.83. The summed E-state index contributed by atoms with van der Waals surface area (Å²) in [6.07, 6.45) is 4.00. The molecule has 1 saturated heterocycles. The molecule has 0 N–H and O–H groups in total. The van der Waals surface area contributed by atoms with Gasteiger partial charge in [0.1, 0.15) is 5.82 Å². The van der Waals surface area contributed by atoms with Gasteiger partial charge in [-0.1, -0.05) is 12.1 Å². The zero-order valence-corrected chi connectivity index (χ0v) is 11.9. The van der Waals surface area contributed by atoms with Crippen LogP contribution in [-0.2, 0) is 11.3 Å². The molecule has 0 saturated carbocycles. The minimum absolute atomic E-state index is 0.0790. The maximum absolute atomic E-state index is 13.3. The second kappa shape index (κ2) is 5.64. The van der Waals surface area contributed by atoms with E-state index in [1.807, 2.05) is 24.0 Å². The molecule has 1 aliphatic heterocycles. The summed E-state index contributed by atoms with van der Waals surface area (Å²) < 4.78 is 13.3. The summed E-state index contributed by atoms with van der Waals surface area (Å²) >= 11 is 0. The van der Waals surface area contributed by atoms with Crippen LogP contribution in [0.5, 0.6) is 0 Å². The van der Waals surface area contributed by atoms with Gasteiger partial charge in [0, 0.05) is 37.8 Å². The highest BCUT2D eigenvalue weighted by Gasteiger charge is 2.30. The number of halogens is 1. The van der Waals surface area contributed by atoms with E-state index in [0.717, 1.165) is 16.7 Å². The van der Waals surface area contributed by atoms with Crippen molar-refractivity contribution in [3.8, 4) is 0 Å². The van der Waals surface area contributed by atoms with Crippen LogP contribution in [0.2, 0.25) is 0 Å². The topological polar surface area (TPSA) is 33.2 Å². The third-order valence-electron chi connectivity index (χ3n) is 4.03. The van der Waals surface area contributed by atoms with Crippen molar-refractivity contribution in [2.45, 2.75) is 25.8 Å². The highest BCUT2D eigenvalue weighted by atomic mass is 19.1. The molecule has 108 valence electrons. The summed E-state index contributed by atoms with van der Waals surface area (Å²) in [6, 6.07) is 8.49. The van der Waals surface area contributed by atoms with Crippen molar-refractivity contribution in [2.75, 3.05) is 6.54 Å². The second-order valence-corrected chi connectivity index (χ2v) is 5.53. The third-order valence-corrected chi connectivity index (χ3v) is 4.03. The summed E-state index contributed by atoms with van der Waals surface area (Å²) in [5, 5.41) is 0. The normalized spacial score (nSPS) is 18.3. The van der Waals surface area contributed by atoms with E-state index < -0.39 is 0 Å². The average molecular weight is 284 g/mol. The third kappa shape index (κ3) is 2.94. The maximum Gasteiger partial charge on any atom is 0.223 e. The Kier molecular flexibility index (Phi) is 3.69. The van der Waals surface area contributed by atoms with Gasteiger partial charge in [-0.15, -0.1) is 0 Å². The van der Waals surface area contributed by atoms with Crippen molar-refractivity contribution in [2.24, 2.45) is 0 Å². The van der Waals surface area contributed by atoms with Crippen molar-refractivity contribution in [3.05, 3.63) is 65.2 Å². The lowest BCUT2D eigenvalue weighted by Crippen LogP contribution is -2.24. The van der Waals surface area contributed by atoms with E-state index in [0.29, 0.717) is 19.5 Å². The molecule has 0 spiro atoms. The van der Waals surface area contributed by atoms with Gasteiger partial charge in [0.05, 0.1) is 0 Å². The van der Waals surface area contributed by atoms with E-state index in [-0.39, 0.29) is 17.6 Å². The smallest absolute Gasteiger partial charge is 0.223 e. The molecule has 1 fully saturated rings. The van der Waals surface area contributed by atoms with E-state index in [1.54, 1.807) is 18.5 Å². The molecule has 0 bridgehead atoms. The molecule has 1 amide bonds. The van der Waals surface area contributed by atoms with E-state index in [9.17, 15) is 9.18 Å². The lowest BCUT2D eigenvalue weighted by atomic mass is 9.98. The summed E-state index contributed by atoms with van der Waals surface area (Å²) in [5.74, 6) is -0.0424. The van der Waals surface area contributed by atoms with E-state index in [4.69, 9.17) is 0 Å². The van der Waals surface area contributed by atoms with Gasteiger partial charge in [-0.25, -0.2) is 4.39 Å². The predicted molar refractivity (Wildman–Crippen MR) is 78.1 cm³/mol. The number of amides is 1. The maximum atomic E-state index is 13.3. The Bertz CT molecular complexity index is 671. The van der Waals surface area contributed by atoms with Crippen LogP contribution in [0.3, 0.4) is 0 Å². The minimum Gasteiger partial charge on any atom is -0.338 e. The van der Waals surface area contributed by atoms with Crippen molar-refractivity contribution in [1.82, 2.24) is 9.88 Å². The van der Waals surface area contributed by atoms with Crippen LogP contribution in [0.15, 0.2) is 42.7 Å². The molecule has 3 nitrogen and oxygen atoms in total. The van der Waals surface area contributed by atoms with Gasteiger partial charge in [0.15, 0.2) is 0 Å². The quantitative estimate of drug-likeness (QED) is 0.868. The first kappa shape index (κ1) is 13.7. The SMILES string of the molecule is Cc1cnccc1CN1C[C@H](c2cccc(F)c2)CC1=O. The highest BCUT2D eigenvalue weighted by molar-refractivity contribution is 5.79. The van der Waals surface area contributed by atoms with Crippen molar-refractivity contribution in [3.63, 3.8) is 0 Å². The number of hydrogen-bond acceptors (Lipinski definition) is 2. The number of nitrogens with zero attached hydrogens (tertiary/aromatic N) is 2. The minimum atomic E-state index is -0.247. The Morgan fingerprint density at radius 3 is 3.00 bits per heavy atom. The molecule has 1 aliphatic rings. The zero-order valence-electron chi connectivity index (χ0n) is 11.9. The highest BCUT2D eigenvalue weighted by Crippen LogP contribution is 2.29. The zero-order chi connectivity index (χ0) is 14.8. The number of pyridine rings is 1. The second-order valence-electron chi connectivity index (χ2n) is 5.53. The predicted octanol–water partition coefficient (Wildman–Crippen LogP) is 3.05. The number of hydrogen-bond donors (Lipinski definition) is 0. The molecular weight excluding hydrogens is 267 g/mol. The number of carbonyl (C=O) groups is 1. The fourth-order valence-corrected chi connectivity index (χ4v) is 2.79. The number of aryl methyl sites for hydroxylation is 1. The van der Waals surface area contributed by atoms with Crippen LogP contribution in [0.25, 0.3) is 0 Å². The lowest BCUT2D eigenvalue weighted by molar-refractivity contribution is -0.128. The van der Waals surface area contributed by atoms with Crippen LogP contribution in [0.1, 0.15) is 29.0 Å². The Hall–Kier alpha value is -2.23. The van der Waals surface area contributed by atoms with Crippen LogP contribution in [-0.4, -0.2) is 22.3 Å². The first-order chi connectivity index (χ1) is 10.1. The van der Waals surface area contributed by atoms with Crippen LogP contribution in [0, 0.1) is 12.7 Å². The Balaban J connectivity index is 1.75. The number of benzene rings is 1. The molecular formula is C17H17FN2O. The number of likely N-dealkylation sites (tertiary alicyclic amines) is 1. The van der Waals surface area contributed by atoms with Crippen molar-refractivity contribution >= 4 is 5.91 Å². The molecule has 0 aliphatic carbocycles. The molecule has 21 heavy (non-hydrogen) atoms. The van der Waals surface area contributed by atoms with Gasteiger partial charge in [0.25, 0.3) is 0 Å². The van der Waals surface area contributed by atoms with Gasteiger partial charge in [-0.05, 0) is 41.8 Å². The number of rotatable bonds is 3. The molecule has 4 heteroatoms. The largest absolute Gasteiger partial charge is 0.338 e.